The number of unbranched alkanes of at least 4 members (excludes halogenated alkanes) is 1. The number of ether oxygens (including phenoxy) is 1. The Bertz CT molecular complexity index is 310. The molecule has 0 unspecified atom stereocenters. The maximum atomic E-state index is 10.3. The molecule has 0 saturated heterocycles. The summed E-state index contributed by atoms with van der Waals surface area (Å²) < 4.78 is 5.48. The van der Waals surface area contributed by atoms with Crippen LogP contribution in [0.4, 0.5) is 5.69 Å². The Balaban J connectivity index is 2.62. The van der Waals surface area contributed by atoms with Crippen molar-refractivity contribution in [2.24, 2.45) is 5.18 Å². The maximum absolute atomic E-state index is 10.3. The van der Waals surface area contributed by atoms with E-state index in [1.807, 2.05) is 13.0 Å². The first-order valence-corrected chi connectivity index (χ1v) is 4.84. The summed E-state index contributed by atoms with van der Waals surface area (Å²) in [6.07, 6.45) is 2.17. The van der Waals surface area contributed by atoms with Crippen molar-refractivity contribution in [3.63, 3.8) is 0 Å². The molecule has 14 heavy (non-hydrogen) atoms. The quantitative estimate of drug-likeness (QED) is 0.529. The lowest BCUT2D eigenvalue weighted by Crippen LogP contribution is -1.96. The molecule has 0 aromatic heterocycles. The third kappa shape index (κ3) is 2.83. The normalized spacial score (nSPS) is 9.86. The van der Waals surface area contributed by atoms with Gasteiger partial charge in [-0.2, -0.15) is 0 Å². The van der Waals surface area contributed by atoms with Crippen LogP contribution in [-0.2, 0) is 0 Å². The lowest BCUT2D eigenvalue weighted by atomic mass is 10.2. The van der Waals surface area contributed by atoms with E-state index in [0.717, 1.165) is 30.8 Å². The van der Waals surface area contributed by atoms with Crippen molar-refractivity contribution in [3.8, 4) is 5.75 Å². The minimum Gasteiger partial charge on any atom is -0.494 e. The van der Waals surface area contributed by atoms with Gasteiger partial charge in [0.1, 0.15) is 11.4 Å². The topological polar surface area (TPSA) is 38.7 Å². The molecule has 0 saturated carbocycles. The molecule has 3 nitrogen and oxygen atoms in total. The van der Waals surface area contributed by atoms with Crippen LogP contribution in [0.3, 0.4) is 0 Å². The molecule has 1 aromatic rings. The molecule has 0 heterocycles. The zero-order valence-electron chi connectivity index (χ0n) is 8.62. The molecule has 0 fully saturated rings. The van der Waals surface area contributed by atoms with E-state index in [1.54, 1.807) is 12.1 Å². The predicted octanol–water partition coefficient (Wildman–Crippen LogP) is 3.57. The van der Waals surface area contributed by atoms with Crippen molar-refractivity contribution in [3.05, 3.63) is 28.7 Å². The molecule has 3 heteroatoms. The van der Waals surface area contributed by atoms with Gasteiger partial charge in [-0.15, -0.1) is 4.91 Å². The highest BCUT2D eigenvalue weighted by Crippen LogP contribution is 2.23. The molecule has 0 aliphatic heterocycles. The molecule has 0 radical (unpaired) electrons. The highest BCUT2D eigenvalue weighted by atomic mass is 16.5. The van der Waals surface area contributed by atoms with Crippen molar-refractivity contribution in [2.75, 3.05) is 6.61 Å². The SMILES string of the molecule is CCCCOc1ccc(N=O)c(C)c1. The fraction of sp³-hybridized carbons (Fsp3) is 0.455. The average molecular weight is 193 g/mol. The third-order valence-electron chi connectivity index (χ3n) is 2.03. The molecule has 0 spiro atoms. The minimum atomic E-state index is 0.479. The van der Waals surface area contributed by atoms with E-state index in [9.17, 15) is 4.91 Å². The Morgan fingerprint density at radius 1 is 1.43 bits per heavy atom. The van der Waals surface area contributed by atoms with Crippen LogP contribution >= 0.6 is 0 Å². The summed E-state index contributed by atoms with van der Waals surface area (Å²) in [5.74, 6) is 0.809. The van der Waals surface area contributed by atoms with Gasteiger partial charge < -0.3 is 4.74 Å². The van der Waals surface area contributed by atoms with Gasteiger partial charge in [0.2, 0.25) is 0 Å². The lowest BCUT2D eigenvalue weighted by Gasteiger charge is -2.06. The van der Waals surface area contributed by atoms with E-state index in [4.69, 9.17) is 4.74 Å². The first-order chi connectivity index (χ1) is 6.77. The summed E-state index contributed by atoms with van der Waals surface area (Å²) in [6, 6.07) is 5.30. The molecule has 76 valence electrons. The summed E-state index contributed by atoms with van der Waals surface area (Å²) in [4.78, 5) is 10.3. The van der Waals surface area contributed by atoms with Crippen LogP contribution in [0, 0.1) is 11.8 Å². The average Bonchev–Trinajstić information content (AvgIpc) is 2.18. The zero-order valence-corrected chi connectivity index (χ0v) is 8.62. The van der Waals surface area contributed by atoms with Gasteiger partial charge in [-0.25, -0.2) is 0 Å². The lowest BCUT2D eigenvalue weighted by molar-refractivity contribution is 0.309. The number of rotatable bonds is 5. The van der Waals surface area contributed by atoms with Gasteiger partial charge in [-0.3, -0.25) is 0 Å². The second-order valence-electron chi connectivity index (χ2n) is 3.24. The van der Waals surface area contributed by atoms with Crippen molar-refractivity contribution in [1.82, 2.24) is 0 Å². The van der Waals surface area contributed by atoms with Crippen LogP contribution in [0.25, 0.3) is 0 Å². The summed E-state index contributed by atoms with van der Waals surface area (Å²) in [6.45, 7) is 4.70. The van der Waals surface area contributed by atoms with E-state index in [1.165, 1.54) is 0 Å². The number of hydrogen-bond donors (Lipinski definition) is 0. The Labute approximate surface area is 84.1 Å². The summed E-state index contributed by atoms with van der Waals surface area (Å²) in [5.41, 5.74) is 1.34. The molecule has 1 aromatic carbocycles. The van der Waals surface area contributed by atoms with Gasteiger partial charge in [-0.05, 0) is 42.3 Å². The minimum absolute atomic E-state index is 0.479. The molecular weight excluding hydrogens is 178 g/mol. The molecule has 0 bridgehead atoms. The van der Waals surface area contributed by atoms with Crippen LogP contribution in [-0.4, -0.2) is 6.61 Å². The van der Waals surface area contributed by atoms with Crippen LogP contribution in [0.2, 0.25) is 0 Å². The van der Waals surface area contributed by atoms with Gasteiger partial charge in [0, 0.05) is 0 Å². The van der Waals surface area contributed by atoms with Gasteiger partial charge >= 0.3 is 0 Å². The Morgan fingerprint density at radius 3 is 2.79 bits per heavy atom. The monoisotopic (exact) mass is 193 g/mol. The highest BCUT2D eigenvalue weighted by molar-refractivity contribution is 5.48. The molecule has 0 aliphatic rings. The van der Waals surface area contributed by atoms with Crippen molar-refractivity contribution in [2.45, 2.75) is 26.7 Å². The second-order valence-corrected chi connectivity index (χ2v) is 3.24. The van der Waals surface area contributed by atoms with Crippen LogP contribution < -0.4 is 4.74 Å². The van der Waals surface area contributed by atoms with Crippen LogP contribution in [0.15, 0.2) is 23.4 Å². The largest absolute Gasteiger partial charge is 0.494 e. The molecule has 0 atom stereocenters. The number of nitrogens with zero attached hydrogens (tertiary/aromatic N) is 1. The third-order valence-corrected chi connectivity index (χ3v) is 2.03. The Hall–Kier alpha value is -1.38. The maximum Gasteiger partial charge on any atom is 0.119 e. The van der Waals surface area contributed by atoms with Crippen molar-refractivity contribution >= 4 is 5.69 Å². The summed E-state index contributed by atoms with van der Waals surface area (Å²) >= 11 is 0. The first-order valence-electron chi connectivity index (χ1n) is 4.84. The number of hydrogen-bond acceptors (Lipinski definition) is 3. The smallest absolute Gasteiger partial charge is 0.119 e. The van der Waals surface area contributed by atoms with Crippen LogP contribution in [0.5, 0.6) is 5.75 Å². The van der Waals surface area contributed by atoms with E-state index in [0.29, 0.717) is 5.69 Å². The van der Waals surface area contributed by atoms with Gasteiger partial charge in [-0.1, -0.05) is 13.3 Å². The first kappa shape index (κ1) is 10.7. The van der Waals surface area contributed by atoms with E-state index >= 15 is 0 Å². The predicted molar refractivity (Wildman–Crippen MR) is 57.0 cm³/mol. The molecule has 0 aliphatic carbocycles. The second kappa shape index (κ2) is 5.37. The summed E-state index contributed by atoms with van der Waals surface area (Å²) in [7, 11) is 0. The van der Waals surface area contributed by atoms with E-state index in [-0.39, 0.29) is 0 Å². The zero-order chi connectivity index (χ0) is 10.4. The standard InChI is InChI=1S/C11H15NO2/c1-3-4-7-14-10-5-6-11(12-13)9(2)8-10/h5-6,8H,3-4,7H2,1-2H3. The fourth-order valence-corrected chi connectivity index (χ4v) is 1.15. The number of nitroso groups, excluding NO2 is 1. The highest BCUT2D eigenvalue weighted by Gasteiger charge is 2.00. The van der Waals surface area contributed by atoms with Crippen molar-refractivity contribution in [1.29, 1.82) is 0 Å². The van der Waals surface area contributed by atoms with E-state index in [2.05, 4.69) is 12.1 Å². The Morgan fingerprint density at radius 2 is 2.21 bits per heavy atom. The fourth-order valence-electron chi connectivity index (χ4n) is 1.15. The Kier molecular flexibility index (Phi) is 4.11. The van der Waals surface area contributed by atoms with Gasteiger partial charge in [0.05, 0.1) is 6.61 Å². The number of benzene rings is 1. The molecule has 1 rings (SSSR count). The summed E-state index contributed by atoms with van der Waals surface area (Å²) in [5, 5.41) is 2.90. The van der Waals surface area contributed by atoms with Crippen LogP contribution in [0.1, 0.15) is 25.3 Å². The number of aryl methyl sites for hydroxylation is 1. The molecular formula is C11H15NO2. The van der Waals surface area contributed by atoms with Crippen molar-refractivity contribution < 1.29 is 4.74 Å². The van der Waals surface area contributed by atoms with Gasteiger partial charge in [0.15, 0.2) is 0 Å². The van der Waals surface area contributed by atoms with E-state index < -0.39 is 0 Å². The molecule has 0 N–H and O–H groups in total. The van der Waals surface area contributed by atoms with Gasteiger partial charge in [0.25, 0.3) is 0 Å². The molecule has 0 amide bonds.